The molecule has 3 aromatic carbocycles. The number of amides is 1. The van der Waals surface area contributed by atoms with Crippen LogP contribution in [0.2, 0.25) is 0 Å². The number of methoxy groups -OCH3 is 2. The molecular weight excluding hydrogens is 642 g/mol. The molecule has 0 spiro atoms. The van der Waals surface area contributed by atoms with E-state index in [1.54, 1.807) is 40.2 Å². The second kappa shape index (κ2) is 22.8. The number of unbranched alkanes of at least 4 members (excludes halogenated alkanes) is 2. The van der Waals surface area contributed by atoms with Crippen LogP contribution in [0.5, 0.6) is 0 Å². The molecule has 1 N–H and O–H groups in total. The summed E-state index contributed by atoms with van der Waals surface area (Å²) in [7, 11) is 0.484. The van der Waals surface area contributed by atoms with Crippen molar-refractivity contribution < 1.29 is 37.9 Å². The van der Waals surface area contributed by atoms with E-state index in [9.17, 15) is 22.8 Å². The summed E-state index contributed by atoms with van der Waals surface area (Å²) in [5, 5.41) is 2.66. The van der Waals surface area contributed by atoms with Crippen LogP contribution in [0.15, 0.2) is 89.8 Å². The van der Waals surface area contributed by atoms with Crippen LogP contribution in [0, 0.1) is 5.92 Å². The van der Waals surface area contributed by atoms with Gasteiger partial charge in [0.25, 0.3) is 10.1 Å². The molecule has 10 heteroatoms. The van der Waals surface area contributed by atoms with Crippen molar-refractivity contribution in [1.82, 2.24) is 0 Å². The van der Waals surface area contributed by atoms with E-state index in [0.717, 1.165) is 45.6 Å². The van der Waals surface area contributed by atoms with Gasteiger partial charge in [0, 0.05) is 34.4 Å². The first-order chi connectivity index (χ1) is 23.5. The van der Waals surface area contributed by atoms with Gasteiger partial charge >= 0.3 is 0 Å². The Kier molecular flexibility index (Phi) is 19.3. The maximum absolute atomic E-state index is 12.3. The molecule has 1 amide bonds. The zero-order chi connectivity index (χ0) is 36.1. The molecule has 0 heterocycles. The van der Waals surface area contributed by atoms with Crippen LogP contribution in [-0.4, -0.2) is 59.4 Å². The minimum Gasteiger partial charge on any atom is -0.381 e. The molecule has 0 radical (unpaired) electrons. The number of rotatable bonds is 21. The fourth-order valence-electron chi connectivity index (χ4n) is 5.60. The van der Waals surface area contributed by atoms with Gasteiger partial charge in [-0.3, -0.25) is 18.6 Å². The van der Waals surface area contributed by atoms with E-state index in [4.69, 9.17) is 9.47 Å². The third-order valence-electron chi connectivity index (χ3n) is 8.35. The van der Waals surface area contributed by atoms with Crippen molar-refractivity contribution in [3.8, 4) is 0 Å². The van der Waals surface area contributed by atoms with Crippen molar-refractivity contribution in [2.45, 2.75) is 95.2 Å². The lowest BCUT2D eigenvalue weighted by atomic mass is 9.88. The summed E-state index contributed by atoms with van der Waals surface area (Å²) in [5.74, 6) is -0.128. The number of ketones is 2. The number of Topliss-reactive ketones (excluding diaryl/α,β-unsaturated/α-hetero) is 2. The van der Waals surface area contributed by atoms with Crippen molar-refractivity contribution in [2.75, 3.05) is 26.6 Å². The van der Waals surface area contributed by atoms with Gasteiger partial charge in [0.05, 0.1) is 25.0 Å². The SMILES string of the molecule is COC(CCc1ccccc1)C(CCCCCC(=O)Nc1ccccc1S(=O)(=O)OC)C(C)=O.COC(CCc1ccccc1)CC(C)=O.[HH]. The predicted octanol–water partition coefficient (Wildman–Crippen LogP) is 7.62. The van der Waals surface area contributed by atoms with E-state index in [1.807, 2.05) is 36.4 Å². The summed E-state index contributed by atoms with van der Waals surface area (Å²) in [4.78, 5) is 35.5. The molecule has 0 aromatic heterocycles. The number of aryl methyl sites for hydroxylation is 2. The van der Waals surface area contributed by atoms with Crippen LogP contribution < -0.4 is 5.32 Å². The van der Waals surface area contributed by atoms with E-state index in [-0.39, 0.29) is 54.0 Å². The highest BCUT2D eigenvalue weighted by atomic mass is 32.2. The Bertz CT molecular complexity index is 1520. The maximum atomic E-state index is 12.3. The minimum atomic E-state index is -3.91. The lowest BCUT2D eigenvalue weighted by Crippen LogP contribution is -2.29. The molecular formula is C39H55NO8S. The van der Waals surface area contributed by atoms with Crippen molar-refractivity contribution in [3.63, 3.8) is 0 Å². The van der Waals surface area contributed by atoms with Gasteiger partial charge in [-0.2, -0.15) is 8.42 Å². The largest absolute Gasteiger partial charge is 0.381 e. The molecule has 3 atom stereocenters. The normalized spacial score (nSPS) is 13.0. The van der Waals surface area contributed by atoms with Gasteiger partial charge in [0.1, 0.15) is 16.5 Å². The van der Waals surface area contributed by atoms with E-state index in [0.29, 0.717) is 19.3 Å². The summed E-state index contributed by atoms with van der Waals surface area (Å²) in [6, 6.07) is 26.5. The smallest absolute Gasteiger partial charge is 0.298 e. The van der Waals surface area contributed by atoms with Gasteiger partial charge in [-0.25, -0.2) is 0 Å². The molecule has 0 saturated heterocycles. The average molecular weight is 698 g/mol. The van der Waals surface area contributed by atoms with Gasteiger partial charge in [0.15, 0.2) is 0 Å². The zero-order valence-electron chi connectivity index (χ0n) is 29.6. The molecule has 3 aromatic rings. The van der Waals surface area contributed by atoms with E-state index < -0.39 is 10.1 Å². The Morgan fingerprint density at radius 3 is 1.82 bits per heavy atom. The summed E-state index contributed by atoms with van der Waals surface area (Å²) >= 11 is 0. The first-order valence-electron chi connectivity index (χ1n) is 16.8. The number of ether oxygens (including phenoxy) is 2. The fraction of sp³-hybridized carbons (Fsp3) is 0.462. The Hall–Kier alpha value is -3.70. The van der Waals surface area contributed by atoms with Crippen molar-refractivity contribution in [2.24, 2.45) is 5.92 Å². The zero-order valence-corrected chi connectivity index (χ0v) is 30.4. The maximum Gasteiger partial charge on any atom is 0.298 e. The van der Waals surface area contributed by atoms with Gasteiger partial charge < -0.3 is 14.8 Å². The molecule has 0 fully saturated rings. The first-order valence-corrected chi connectivity index (χ1v) is 18.2. The second-order valence-electron chi connectivity index (χ2n) is 12.1. The number of carbonyl (C=O) groups excluding carboxylic acids is 3. The third-order valence-corrected chi connectivity index (χ3v) is 9.68. The number of benzene rings is 3. The molecule has 0 aliphatic carbocycles. The summed E-state index contributed by atoms with van der Waals surface area (Å²) < 4.78 is 39.5. The van der Waals surface area contributed by atoms with Crippen molar-refractivity contribution in [1.29, 1.82) is 0 Å². The van der Waals surface area contributed by atoms with Crippen LogP contribution in [0.25, 0.3) is 0 Å². The number of nitrogens with one attached hydrogen (secondary N) is 1. The Morgan fingerprint density at radius 1 is 0.714 bits per heavy atom. The molecule has 270 valence electrons. The predicted molar refractivity (Wildman–Crippen MR) is 195 cm³/mol. The van der Waals surface area contributed by atoms with Crippen LogP contribution in [-0.2, 0) is 51.0 Å². The Morgan fingerprint density at radius 2 is 1.29 bits per heavy atom. The van der Waals surface area contributed by atoms with E-state index >= 15 is 0 Å². The Balaban J connectivity index is 0.000000654. The molecule has 9 nitrogen and oxygen atoms in total. The second-order valence-corrected chi connectivity index (χ2v) is 13.7. The topological polar surface area (TPSA) is 125 Å². The van der Waals surface area contributed by atoms with Crippen molar-refractivity contribution >= 4 is 33.3 Å². The monoisotopic (exact) mass is 697 g/mol. The number of hydrogen-bond acceptors (Lipinski definition) is 8. The number of carbonyl (C=O) groups is 3. The van der Waals surface area contributed by atoms with Gasteiger partial charge in [-0.05, 0) is 75.6 Å². The summed E-state index contributed by atoms with van der Waals surface area (Å²) in [6.45, 7) is 3.21. The van der Waals surface area contributed by atoms with Crippen LogP contribution in [0.4, 0.5) is 5.69 Å². The lowest BCUT2D eigenvalue weighted by molar-refractivity contribution is -0.126. The highest BCUT2D eigenvalue weighted by Gasteiger charge is 2.25. The van der Waals surface area contributed by atoms with Gasteiger partial charge in [0.2, 0.25) is 5.91 Å². The molecule has 0 aliphatic rings. The van der Waals surface area contributed by atoms with Crippen LogP contribution >= 0.6 is 0 Å². The highest BCUT2D eigenvalue weighted by molar-refractivity contribution is 7.87. The summed E-state index contributed by atoms with van der Waals surface area (Å²) in [6.07, 6.45) is 7.12. The standard InChI is InChI=1S/C26H35NO6S.C13H18O2.H2/c1-20(28)22(24(32-2)19-18-21-12-6-4-7-13-21)14-8-5-9-17-26(29)27-23-15-10-11-16-25(23)34(30,31)33-3;1-11(14)10-13(15-2)9-8-12-6-4-3-5-7-12;/h4,6-7,10-13,15-16,22,24H,5,8-9,14,17-19H2,1-3H3,(H,27,29);3-7,13H,8-10H2,1-2H3;1H. The fourth-order valence-corrected chi connectivity index (χ4v) is 6.41. The van der Waals surface area contributed by atoms with Crippen LogP contribution in [0.1, 0.15) is 77.8 Å². The number of hydrogen-bond donors (Lipinski definition) is 1. The van der Waals surface area contributed by atoms with Crippen LogP contribution in [0.3, 0.4) is 0 Å². The quantitative estimate of drug-likeness (QED) is 0.0891. The lowest BCUT2D eigenvalue weighted by Gasteiger charge is -2.24. The first kappa shape index (κ1) is 41.5. The molecule has 49 heavy (non-hydrogen) atoms. The Labute approximate surface area is 294 Å². The number of anilines is 1. The molecule has 0 aliphatic heterocycles. The minimum absolute atomic E-state index is 0. The van der Waals surface area contributed by atoms with Crippen molar-refractivity contribution in [3.05, 3.63) is 96.1 Å². The molecule has 0 saturated carbocycles. The van der Waals surface area contributed by atoms with Gasteiger partial charge in [-0.15, -0.1) is 0 Å². The highest BCUT2D eigenvalue weighted by Crippen LogP contribution is 2.24. The number of para-hydroxylation sites is 1. The molecule has 3 rings (SSSR count). The third kappa shape index (κ3) is 16.0. The van der Waals surface area contributed by atoms with Gasteiger partial charge in [-0.1, -0.05) is 85.6 Å². The molecule has 0 bridgehead atoms. The summed E-state index contributed by atoms with van der Waals surface area (Å²) in [5.41, 5.74) is 2.72. The molecule has 3 unspecified atom stereocenters. The van der Waals surface area contributed by atoms with E-state index in [2.05, 4.69) is 33.8 Å². The van der Waals surface area contributed by atoms with E-state index in [1.165, 1.54) is 23.3 Å². The average Bonchev–Trinajstić information content (AvgIpc) is 3.10.